The largest absolute Gasteiger partial charge is 0.378 e. The molecule has 0 saturated carbocycles. The first-order valence-corrected chi connectivity index (χ1v) is 6.99. The summed E-state index contributed by atoms with van der Waals surface area (Å²) in [4.78, 5) is 14.2. The number of rotatable bonds is 6. The topological polar surface area (TPSA) is 59.9 Å². The summed E-state index contributed by atoms with van der Waals surface area (Å²) < 4.78 is 5.20. The summed E-state index contributed by atoms with van der Waals surface area (Å²) in [6.07, 6.45) is 5.07. The van der Waals surface area contributed by atoms with E-state index in [4.69, 9.17) is 4.74 Å². The van der Waals surface area contributed by atoms with Gasteiger partial charge in [0.1, 0.15) is 10.7 Å². The number of methoxy groups -OCH3 is 1. The molecule has 0 atom stereocenters. The van der Waals surface area contributed by atoms with Crippen LogP contribution in [0.15, 0.2) is 18.6 Å². The summed E-state index contributed by atoms with van der Waals surface area (Å²) >= 11 is 1.64. The first kappa shape index (κ1) is 14.0. The molecule has 0 spiro atoms. The minimum absolute atomic E-state index is 0.442. The Morgan fingerprint density at radius 2 is 2.21 bits per heavy atom. The van der Waals surface area contributed by atoms with E-state index in [-0.39, 0.29) is 0 Å². The van der Waals surface area contributed by atoms with Gasteiger partial charge in [0.15, 0.2) is 0 Å². The molecule has 0 saturated heterocycles. The number of ether oxygens (including phenoxy) is 1. The van der Waals surface area contributed by atoms with Crippen LogP contribution in [0.4, 0.5) is 0 Å². The van der Waals surface area contributed by atoms with Crippen LogP contribution in [0.1, 0.15) is 24.4 Å². The van der Waals surface area contributed by atoms with Crippen molar-refractivity contribution in [3.8, 4) is 10.7 Å². The van der Waals surface area contributed by atoms with E-state index in [0.717, 1.165) is 22.9 Å². The van der Waals surface area contributed by atoms with Crippen molar-refractivity contribution in [1.29, 1.82) is 0 Å². The average molecular weight is 278 g/mol. The zero-order valence-corrected chi connectivity index (χ0v) is 12.2. The number of aromatic nitrogens is 3. The fraction of sp³-hybridized carbons (Fsp3) is 0.462. The predicted molar refractivity (Wildman–Crippen MR) is 75.8 cm³/mol. The lowest BCUT2D eigenvalue weighted by atomic mass is 10.3. The zero-order valence-electron chi connectivity index (χ0n) is 11.4. The van der Waals surface area contributed by atoms with Crippen LogP contribution < -0.4 is 5.32 Å². The number of hydrogen-bond acceptors (Lipinski definition) is 6. The van der Waals surface area contributed by atoms with Crippen LogP contribution >= 0.6 is 11.3 Å². The molecule has 0 aliphatic carbocycles. The smallest absolute Gasteiger partial charge is 0.144 e. The van der Waals surface area contributed by atoms with Gasteiger partial charge in [-0.2, -0.15) is 0 Å². The highest BCUT2D eigenvalue weighted by Gasteiger charge is 2.13. The van der Waals surface area contributed by atoms with Crippen LogP contribution in [0.5, 0.6) is 0 Å². The molecule has 2 aromatic rings. The molecule has 0 unspecified atom stereocenters. The van der Waals surface area contributed by atoms with E-state index in [9.17, 15) is 0 Å². The molecule has 2 heterocycles. The first-order chi connectivity index (χ1) is 9.20. The second-order valence-electron chi connectivity index (χ2n) is 4.45. The Morgan fingerprint density at radius 3 is 2.84 bits per heavy atom. The molecular weight excluding hydrogens is 260 g/mol. The molecule has 19 heavy (non-hydrogen) atoms. The lowest BCUT2D eigenvalue weighted by Gasteiger charge is -2.07. The standard InChI is InChI=1S/C13H18N4OS/c1-9(2)16-7-12-11(8-18-3)17-13(19-12)10-6-14-4-5-15-10/h4-6,9,16H,7-8H2,1-3H3. The van der Waals surface area contributed by atoms with Gasteiger partial charge in [-0.3, -0.25) is 9.97 Å². The van der Waals surface area contributed by atoms with Gasteiger partial charge in [-0.15, -0.1) is 11.3 Å². The molecule has 102 valence electrons. The fourth-order valence-corrected chi connectivity index (χ4v) is 2.56. The van der Waals surface area contributed by atoms with E-state index in [1.165, 1.54) is 4.88 Å². The van der Waals surface area contributed by atoms with E-state index in [1.54, 1.807) is 37.0 Å². The van der Waals surface area contributed by atoms with Crippen LogP contribution in [0.3, 0.4) is 0 Å². The van der Waals surface area contributed by atoms with Crippen molar-refractivity contribution in [1.82, 2.24) is 20.3 Å². The summed E-state index contributed by atoms with van der Waals surface area (Å²) in [5, 5.41) is 4.29. The van der Waals surface area contributed by atoms with Gasteiger partial charge in [-0.1, -0.05) is 13.8 Å². The van der Waals surface area contributed by atoms with Gasteiger partial charge in [0, 0.05) is 37.0 Å². The molecule has 6 heteroatoms. The molecule has 0 aliphatic rings. The van der Waals surface area contributed by atoms with Crippen molar-refractivity contribution in [2.75, 3.05) is 7.11 Å². The highest BCUT2D eigenvalue weighted by atomic mass is 32.1. The Balaban J connectivity index is 2.24. The Hall–Kier alpha value is -1.37. The Kier molecular flexibility index (Phi) is 4.95. The fourth-order valence-electron chi connectivity index (χ4n) is 1.59. The molecule has 0 bridgehead atoms. The maximum Gasteiger partial charge on any atom is 0.144 e. The third-order valence-corrected chi connectivity index (χ3v) is 3.63. The van der Waals surface area contributed by atoms with E-state index in [0.29, 0.717) is 12.6 Å². The average Bonchev–Trinajstić information content (AvgIpc) is 2.81. The van der Waals surface area contributed by atoms with Gasteiger partial charge >= 0.3 is 0 Å². The quantitative estimate of drug-likeness (QED) is 0.878. The Morgan fingerprint density at radius 1 is 1.37 bits per heavy atom. The lowest BCUT2D eigenvalue weighted by Crippen LogP contribution is -2.21. The Labute approximate surface area is 117 Å². The molecule has 0 radical (unpaired) electrons. The minimum atomic E-state index is 0.442. The predicted octanol–water partition coefficient (Wildman–Crippen LogP) is 2.24. The maximum atomic E-state index is 5.20. The summed E-state index contributed by atoms with van der Waals surface area (Å²) in [5.41, 5.74) is 1.78. The monoisotopic (exact) mass is 278 g/mol. The van der Waals surface area contributed by atoms with E-state index < -0.39 is 0 Å². The van der Waals surface area contributed by atoms with Crippen LogP contribution in [0.2, 0.25) is 0 Å². The normalized spacial score (nSPS) is 11.2. The molecular formula is C13H18N4OS. The third kappa shape index (κ3) is 3.79. The van der Waals surface area contributed by atoms with Crippen LogP contribution in [-0.4, -0.2) is 28.1 Å². The van der Waals surface area contributed by atoms with Gasteiger partial charge in [0.05, 0.1) is 18.5 Å². The van der Waals surface area contributed by atoms with Crippen LogP contribution in [0.25, 0.3) is 10.7 Å². The van der Waals surface area contributed by atoms with E-state index >= 15 is 0 Å². The highest BCUT2D eigenvalue weighted by molar-refractivity contribution is 7.15. The van der Waals surface area contributed by atoms with E-state index in [1.807, 2.05) is 0 Å². The van der Waals surface area contributed by atoms with Gasteiger partial charge in [0.2, 0.25) is 0 Å². The van der Waals surface area contributed by atoms with Crippen LogP contribution in [-0.2, 0) is 17.9 Å². The maximum absolute atomic E-state index is 5.20. The molecule has 0 amide bonds. The van der Waals surface area contributed by atoms with Gasteiger partial charge < -0.3 is 10.1 Å². The highest BCUT2D eigenvalue weighted by Crippen LogP contribution is 2.26. The van der Waals surface area contributed by atoms with Gasteiger partial charge in [-0.25, -0.2) is 4.98 Å². The molecule has 0 aliphatic heterocycles. The van der Waals surface area contributed by atoms with Crippen molar-refractivity contribution >= 4 is 11.3 Å². The summed E-state index contributed by atoms with van der Waals surface area (Å²) in [6.45, 7) is 5.57. The summed E-state index contributed by atoms with van der Waals surface area (Å²) in [5.74, 6) is 0. The lowest BCUT2D eigenvalue weighted by molar-refractivity contribution is 0.181. The Bertz CT molecular complexity index is 513. The molecule has 0 fully saturated rings. The summed E-state index contributed by atoms with van der Waals surface area (Å²) in [7, 11) is 1.68. The number of hydrogen-bond donors (Lipinski definition) is 1. The van der Waals surface area contributed by atoms with E-state index in [2.05, 4.69) is 34.1 Å². The third-order valence-electron chi connectivity index (χ3n) is 2.51. The first-order valence-electron chi connectivity index (χ1n) is 6.18. The van der Waals surface area contributed by atoms with Crippen molar-refractivity contribution < 1.29 is 4.74 Å². The van der Waals surface area contributed by atoms with Crippen molar-refractivity contribution in [3.63, 3.8) is 0 Å². The van der Waals surface area contributed by atoms with Crippen molar-refractivity contribution in [2.24, 2.45) is 0 Å². The zero-order chi connectivity index (χ0) is 13.7. The molecule has 1 N–H and O–H groups in total. The van der Waals surface area contributed by atoms with Crippen LogP contribution in [0, 0.1) is 0 Å². The number of nitrogens with one attached hydrogen (secondary N) is 1. The summed E-state index contributed by atoms with van der Waals surface area (Å²) in [6, 6.07) is 0.442. The van der Waals surface area contributed by atoms with Gasteiger partial charge in [-0.05, 0) is 0 Å². The second-order valence-corrected chi connectivity index (χ2v) is 5.53. The minimum Gasteiger partial charge on any atom is -0.378 e. The number of thiazole rings is 1. The molecule has 2 aromatic heterocycles. The second kappa shape index (κ2) is 6.70. The van der Waals surface area contributed by atoms with Crippen molar-refractivity contribution in [2.45, 2.75) is 33.0 Å². The molecule has 5 nitrogen and oxygen atoms in total. The van der Waals surface area contributed by atoms with Gasteiger partial charge in [0.25, 0.3) is 0 Å². The van der Waals surface area contributed by atoms with Crippen molar-refractivity contribution in [3.05, 3.63) is 29.2 Å². The number of nitrogens with zero attached hydrogens (tertiary/aromatic N) is 3. The molecule has 0 aromatic carbocycles. The molecule has 2 rings (SSSR count). The SMILES string of the molecule is COCc1nc(-c2cnccn2)sc1CNC(C)C.